The predicted octanol–water partition coefficient (Wildman–Crippen LogP) is 0.821. The zero-order valence-electron chi connectivity index (χ0n) is 21.7. The van der Waals surface area contributed by atoms with Gasteiger partial charge in [0.2, 0.25) is 5.91 Å². The summed E-state index contributed by atoms with van der Waals surface area (Å²) in [7, 11) is 1.18. The van der Waals surface area contributed by atoms with Crippen LogP contribution in [0.15, 0.2) is 12.2 Å². The van der Waals surface area contributed by atoms with Gasteiger partial charge in [0.05, 0.1) is 12.5 Å². The molecule has 0 heterocycles. The molecule has 0 aromatic rings. The van der Waals surface area contributed by atoms with E-state index in [4.69, 9.17) is 9.47 Å². The molecule has 0 radical (unpaired) electrons. The second kappa shape index (κ2) is 15.2. The maximum Gasteiger partial charge on any atom is 0.308 e. The number of allylic oxidation sites excluding steroid dienone is 1. The van der Waals surface area contributed by atoms with Crippen molar-refractivity contribution in [2.24, 2.45) is 11.3 Å². The highest BCUT2D eigenvalue weighted by atomic mass is 16.5. The standard InChI is InChI=1S/C25H44N2O8/c1-6-17(22(31)26-14-15-35-24(33)16-10-8-7-9-11-16)27-23(32)21(34-5)20(30)19(29)18(28)12-13-25(2,3)4/h12-13,16-21,28-30H,6-11,14-15H2,1-5H3,(H,26,31)(H,27,32)/b13-12+/t17-,18+,19-,20+,21+/m0/s1. The van der Waals surface area contributed by atoms with Gasteiger partial charge in [-0.25, -0.2) is 0 Å². The van der Waals surface area contributed by atoms with Crippen LogP contribution < -0.4 is 10.6 Å². The molecular formula is C25H44N2O8. The van der Waals surface area contributed by atoms with Gasteiger partial charge < -0.3 is 35.4 Å². The van der Waals surface area contributed by atoms with Crippen molar-refractivity contribution in [3.8, 4) is 0 Å². The number of nitrogens with one attached hydrogen (secondary N) is 2. The van der Waals surface area contributed by atoms with Gasteiger partial charge in [-0.1, -0.05) is 59.1 Å². The lowest BCUT2D eigenvalue weighted by Crippen LogP contribution is -2.55. The van der Waals surface area contributed by atoms with E-state index in [2.05, 4.69) is 10.6 Å². The molecule has 0 aliphatic heterocycles. The summed E-state index contributed by atoms with van der Waals surface area (Å²) in [6.07, 6.45) is 1.78. The number of esters is 1. The Kier molecular flexibility index (Phi) is 13.5. The molecule has 1 fully saturated rings. The smallest absolute Gasteiger partial charge is 0.308 e. The molecule has 0 saturated heterocycles. The Balaban J connectivity index is 2.55. The van der Waals surface area contributed by atoms with Crippen molar-refractivity contribution >= 4 is 17.8 Å². The van der Waals surface area contributed by atoms with E-state index in [-0.39, 0.29) is 36.9 Å². The zero-order chi connectivity index (χ0) is 26.6. The normalized spacial score (nSPS) is 19.4. The van der Waals surface area contributed by atoms with Gasteiger partial charge in [0.1, 0.15) is 31.0 Å². The van der Waals surface area contributed by atoms with Gasteiger partial charge in [0, 0.05) is 7.11 Å². The number of carbonyl (C=O) groups is 3. The third-order valence-electron chi connectivity index (χ3n) is 5.94. The van der Waals surface area contributed by atoms with Crippen molar-refractivity contribution in [1.82, 2.24) is 10.6 Å². The third kappa shape index (κ3) is 11.1. The molecule has 10 heteroatoms. The molecule has 1 rings (SSSR count). The number of methoxy groups -OCH3 is 1. The van der Waals surface area contributed by atoms with Crippen molar-refractivity contribution in [2.45, 2.75) is 96.7 Å². The average molecular weight is 501 g/mol. The Morgan fingerprint density at radius 3 is 2.20 bits per heavy atom. The van der Waals surface area contributed by atoms with Crippen molar-refractivity contribution in [3.63, 3.8) is 0 Å². The van der Waals surface area contributed by atoms with Crippen LogP contribution in [0.5, 0.6) is 0 Å². The highest BCUT2D eigenvalue weighted by molar-refractivity contribution is 5.89. The molecule has 1 aliphatic rings. The van der Waals surface area contributed by atoms with E-state index < -0.39 is 42.3 Å². The lowest BCUT2D eigenvalue weighted by Gasteiger charge is -2.28. The fourth-order valence-corrected chi connectivity index (χ4v) is 3.80. The van der Waals surface area contributed by atoms with Crippen LogP contribution in [-0.2, 0) is 23.9 Å². The molecule has 202 valence electrons. The molecule has 10 nitrogen and oxygen atoms in total. The summed E-state index contributed by atoms with van der Waals surface area (Å²) in [6.45, 7) is 7.55. The van der Waals surface area contributed by atoms with E-state index in [1.54, 1.807) is 13.0 Å². The number of carbonyl (C=O) groups excluding carboxylic acids is 3. The lowest BCUT2D eigenvalue weighted by molar-refractivity contribution is -0.150. The van der Waals surface area contributed by atoms with Crippen LogP contribution in [0.25, 0.3) is 0 Å². The predicted molar refractivity (Wildman–Crippen MR) is 130 cm³/mol. The topological polar surface area (TPSA) is 154 Å². The van der Waals surface area contributed by atoms with E-state index in [1.807, 2.05) is 20.8 Å². The molecule has 0 bridgehead atoms. The summed E-state index contributed by atoms with van der Waals surface area (Å²) in [5, 5.41) is 36.0. The fourth-order valence-electron chi connectivity index (χ4n) is 3.80. The molecule has 0 aromatic heterocycles. The highest BCUT2D eigenvalue weighted by Crippen LogP contribution is 2.24. The first kappa shape index (κ1) is 31.0. The Morgan fingerprint density at radius 1 is 1.03 bits per heavy atom. The summed E-state index contributed by atoms with van der Waals surface area (Å²) in [5.41, 5.74) is -0.250. The largest absolute Gasteiger partial charge is 0.464 e. The van der Waals surface area contributed by atoms with Gasteiger partial charge in [-0.3, -0.25) is 14.4 Å². The van der Waals surface area contributed by atoms with Crippen molar-refractivity contribution in [2.75, 3.05) is 20.3 Å². The quantitative estimate of drug-likeness (QED) is 0.141. The second-order valence-electron chi connectivity index (χ2n) is 10.1. The van der Waals surface area contributed by atoms with Crippen LogP contribution in [0.1, 0.15) is 66.2 Å². The summed E-state index contributed by atoms with van der Waals surface area (Å²) in [5.74, 6) is -1.60. The first-order valence-corrected chi connectivity index (χ1v) is 12.4. The first-order valence-electron chi connectivity index (χ1n) is 12.4. The van der Waals surface area contributed by atoms with E-state index in [0.29, 0.717) is 0 Å². The monoisotopic (exact) mass is 500 g/mol. The number of aliphatic hydroxyl groups excluding tert-OH is 3. The number of ether oxygens (including phenoxy) is 2. The molecule has 0 spiro atoms. The number of rotatable bonds is 13. The van der Waals surface area contributed by atoms with Crippen molar-refractivity contribution < 1.29 is 39.2 Å². The maximum absolute atomic E-state index is 12.7. The Labute approximate surface area is 208 Å². The van der Waals surface area contributed by atoms with E-state index in [0.717, 1.165) is 32.1 Å². The molecule has 1 saturated carbocycles. The van der Waals surface area contributed by atoms with Gasteiger partial charge in [0.25, 0.3) is 5.91 Å². The minimum Gasteiger partial charge on any atom is -0.464 e. The van der Waals surface area contributed by atoms with Gasteiger partial charge >= 0.3 is 5.97 Å². The SMILES string of the molecule is CC[C@H](NC(=O)[C@H](OC)[C@H](O)[C@@H](O)[C@H](O)/C=C/C(C)(C)C)C(=O)NCCOC(=O)C1CCCCC1. The minimum absolute atomic E-state index is 0.0387. The first-order chi connectivity index (χ1) is 16.4. The Hall–Kier alpha value is -2.01. The minimum atomic E-state index is -1.74. The van der Waals surface area contributed by atoms with Crippen LogP contribution in [0.4, 0.5) is 0 Å². The highest BCUT2D eigenvalue weighted by Gasteiger charge is 2.36. The van der Waals surface area contributed by atoms with Crippen molar-refractivity contribution in [3.05, 3.63) is 12.2 Å². The summed E-state index contributed by atoms with van der Waals surface area (Å²) in [6, 6.07) is -0.927. The molecule has 35 heavy (non-hydrogen) atoms. The molecule has 2 amide bonds. The summed E-state index contributed by atoms with van der Waals surface area (Å²) < 4.78 is 10.3. The van der Waals surface area contributed by atoms with Gasteiger partial charge in [-0.15, -0.1) is 0 Å². The van der Waals surface area contributed by atoms with Crippen molar-refractivity contribution in [1.29, 1.82) is 0 Å². The van der Waals surface area contributed by atoms with Crippen LogP contribution >= 0.6 is 0 Å². The molecule has 5 atom stereocenters. The lowest BCUT2D eigenvalue weighted by atomic mass is 9.89. The van der Waals surface area contributed by atoms with E-state index in [1.165, 1.54) is 13.2 Å². The van der Waals surface area contributed by atoms with E-state index in [9.17, 15) is 29.7 Å². The Morgan fingerprint density at radius 2 is 1.66 bits per heavy atom. The number of aliphatic hydroxyl groups is 3. The van der Waals surface area contributed by atoms with Crippen LogP contribution in [0, 0.1) is 11.3 Å². The number of hydrogen-bond acceptors (Lipinski definition) is 8. The molecule has 0 unspecified atom stereocenters. The maximum atomic E-state index is 12.7. The van der Waals surface area contributed by atoms with Gasteiger partial charge in [0.15, 0.2) is 6.10 Å². The fraction of sp³-hybridized carbons (Fsp3) is 0.800. The molecule has 1 aliphatic carbocycles. The average Bonchev–Trinajstić information content (AvgIpc) is 2.83. The number of amides is 2. The van der Waals surface area contributed by atoms with Gasteiger partial charge in [-0.05, 0) is 24.7 Å². The second-order valence-corrected chi connectivity index (χ2v) is 10.1. The summed E-state index contributed by atoms with van der Waals surface area (Å²) >= 11 is 0. The molecular weight excluding hydrogens is 456 g/mol. The molecule has 5 N–H and O–H groups in total. The third-order valence-corrected chi connectivity index (χ3v) is 5.94. The molecule has 0 aromatic carbocycles. The van der Waals surface area contributed by atoms with E-state index >= 15 is 0 Å². The van der Waals surface area contributed by atoms with Crippen LogP contribution in [0.3, 0.4) is 0 Å². The Bertz CT molecular complexity index is 700. The zero-order valence-corrected chi connectivity index (χ0v) is 21.7. The van der Waals surface area contributed by atoms with Crippen LogP contribution in [0.2, 0.25) is 0 Å². The van der Waals surface area contributed by atoms with Gasteiger partial charge in [-0.2, -0.15) is 0 Å². The summed E-state index contributed by atoms with van der Waals surface area (Å²) in [4.78, 5) is 37.2. The van der Waals surface area contributed by atoms with Crippen LogP contribution in [-0.4, -0.2) is 83.8 Å². The number of hydrogen-bond donors (Lipinski definition) is 5.